The summed E-state index contributed by atoms with van der Waals surface area (Å²) in [5, 5.41) is 3.42. The molecule has 0 saturated heterocycles. The SMILES string of the molecule is CC(C)NCC1CC(C(=O)C(C)C)C1. The monoisotopic (exact) mass is 197 g/mol. The van der Waals surface area contributed by atoms with E-state index in [0.29, 0.717) is 17.7 Å². The zero-order valence-electron chi connectivity index (χ0n) is 9.84. The Hall–Kier alpha value is -0.370. The lowest BCUT2D eigenvalue weighted by Gasteiger charge is -2.35. The first-order chi connectivity index (χ1) is 6.50. The highest BCUT2D eigenvalue weighted by molar-refractivity contribution is 5.83. The van der Waals surface area contributed by atoms with Crippen LogP contribution in [0.15, 0.2) is 0 Å². The fraction of sp³-hybridized carbons (Fsp3) is 0.917. The Morgan fingerprint density at radius 3 is 2.29 bits per heavy atom. The Bertz CT molecular complexity index is 192. The van der Waals surface area contributed by atoms with E-state index in [0.717, 1.165) is 25.3 Å². The lowest BCUT2D eigenvalue weighted by Crippen LogP contribution is -2.40. The van der Waals surface area contributed by atoms with Gasteiger partial charge in [-0.25, -0.2) is 0 Å². The van der Waals surface area contributed by atoms with Crippen molar-refractivity contribution in [1.82, 2.24) is 5.32 Å². The van der Waals surface area contributed by atoms with Crippen LogP contribution in [-0.2, 0) is 4.79 Å². The minimum absolute atomic E-state index is 0.221. The van der Waals surface area contributed by atoms with E-state index in [9.17, 15) is 4.79 Å². The number of carbonyl (C=O) groups excluding carboxylic acids is 1. The number of rotatable bonds is 5. The van der Waals surface area contributed by atoms with Gasteiger partial charge in [-0.15, -0.1) is 0 Å². The van der Waals surface area contributed by atoms with Crippen LogP contribution in [0.25, 0.3) is 0 Å². The summed E-state index contributed by atoms with van der Waals surface area (Å²) in [5.74, 6) is 1.80. The molecule has 1 saturated carbocycles. The standard InChI is InChI=1S/C12H23NO/c1-8(2)12(14)11-5-10(6-11)7-13-9(3)4/h8-11,13H,5-7H2,1-4H3. The summed E-state index contributed by atoms with van der Waals surface area (Å²) in [4.78, 5) is 11.6. The van der Waals surface area contributed by atoms with Crippen LogP contribution in [0.2, 0.25) is 0 Å². The fourth-order valence-electron chi connectivity index (χ4n) is 2.01. The van der Waals surface area contributed by atoms with Gasteiger partial charge in [0.25, 0.3) is 0 Å². The van der Waals surface area contributed by atoms with Crippen molar-refractivity contribution in [3.8, 4) is 0 Å². The van der Waals surface area contributed by atoms with Crippen molar-refractivity contribution >= 4 is 5.78 Å². The predicted octanol–water partition coefficient (Wildman–Crippen LogP) is 2.24. The molecule has 0 spiro atoms. The van der Waals surface area contributed by atoms with Crippen LogP contribution >= 0.6 is 0 Å². The first kappa shape index (κ1) is 11.7. The van der Waals surface area contributed by atoms with Crippen LogP contribution in [0, 0.1) is 17.8 Å². The summed E-state index contributed by atoms with van der Waals surface area (Å²) >= 11 is 0. The number of hydrogen-bond donors (Lipinski definition) is 1. The molecular weight excluding hydrogens is 174 g/mol. The number of ketones is 1. The van der Waals surface area contributed by atoms with Crippen LogP contribution in [0.3, 0.4) is 0 Å². The third kappa shape index (κ3) is 3.09. The predicted molar refractivity (Wildman–Crippen MR) is 59.2 cm³/mol. The molecule has 1 rings (SSSR count). The van der Waals surface area contributed by atoms with Crippen molar-refractivity contribution in [3.05, 3.63) is 0 Å². The maximum Gasteiger partial charge on any atom is 0.138 e. The second kappa shape index (κ2) is 4.92. The molecule has 0 atom stereocenters. The number of nitrogens with one attached hydrogen (secondary N) is 1. The second-order valence-electron chi connectivity index (χ2n) is 5.15. The van der Waals surface area contributed by atoms with Crippen LogP contribution < -0.4 is 5.32 Å². The van der Waals surface area contributed by atoms with Gasteiger partial charge in [0.1, 0.15) is 5.78 Å². The summed E-state index contributed by atoms with van der Waals surface area (Å²) in [5.41, 5.74) is 0. The summed E-state index contributed by atoms with van der Waals surface area (Å²) < 4.78 is 0. The summed E-state index contributed by atoms with van der Waals surface area (Å²) in [6.07, 6.45) is 2.22. The van der Waals surface area contributed by atoms with Crippen molar-refractivity contribution < 1.29 is 4.79 Å². The molecule has 2 nitrogen and oxygen atoms in total. The van der Waals surface area contributed by atoms with Crippen LogP contribution in [-0.4, -0.2) is 18.4 Å². The second-order valence-corrected chi connectivity index (χ2v) is 5.15. The molecule has 0 aromatic heterocycles. The molecule has 1 aliphatic carbocycles. The maximum atomic E-state index is 11.6. The van der Waals surface area contributed by atoms with Gasteiger partial charge in [0.2, 0.25) is 0 Å². The van der Waals surface area contributed by atoms with Gasteiger partial charge in [-0.1, -0.05) is 27.7 Å². The third-order valence-corrected chi connectivity index (χ3v) is 3.02. The molecule has 0 heterocycles. The first-order valence-electron chi connectivity index (χ1n) is 5.77. The molecule has 2 heteroatoms. The topological polar surface area (TPSA) is 29.1 Å². The van der Waals surface area contributed by atoms with Gasteiger partial charge in [-0.2, -0.15) is 0 Å². The van der Waals surface area contributed by atoms with E-state index in [4.69, 9.17) is 0 Å². The molecule has 0 aromatic rings. The summed E-state index contributed by atoms with van der Waals surface area (Å²) in [6, 6.07) is 0.565. The van der Waals surface area contributed by atoms with Gasteiger partial charge in [0.05, 0.1) is 0 Å². The maximum absolute atomic E-state index is 11.6. The Morgan fingerprint density at radius 1 is 1.29 bits per heavy atom. The summed E-state index contributed by atoms with van der Waals surface area (Å²) in [6.45, 7) is 9.41. The molecule has 1 N–H and O–H groups in total. The molecule has 0 amide bonds. The van der Waals surface area contributed by atoms with Crippen molar-refractivity contribution in [2.24, 2.45) is 17.8 Å². The number of Topliss-reactive ketones (excluding diaryl/α,β-unsaturated/α-hetero) is 1. The summed E-state index contributed by atoms with van der Waals surface area (Å²) in [7, 11) is 0. The fourth-order valence-corrected chi connectivity index (χ4v) is 2.01. The van der Waals surface area contributed by atoms with Crippen LogP contribution in [0.4, 0.5) is 0 Å². The van der Waals surface area contributed by atoms with E-state index in [1.165, 1.54) is 0 Å². The van der Waals surface area contributed by atoms with E-state index >= 15 is 0 Å². The van der Waals surface area contributed by atoms with Gasteiger partial charge in [0, 0.05) is 17.9 Å². The van der Waals surface area contributed by atoms with E-state index in [1.54, 1.807) is 0 Å². The minimum Gasteiger partial charge on any atom is -0.314 e. The molecular formula is C12H23NO. The van der Waals surface area contributed by atoms with Gasteiger partial charge in [-0.3, -0.25) is 4.79 Å². The Balaban J connectivity index is 2.14. The molecule has 0 bridgehead atoms. The van der Waals surface area contributed by atoms with Crippen LogP contribution in [0.5, 0.6) is 0 Å². The smallest absolute Gasteiger partial charge is 0.138 e. The normalized spacial score (nSPS) is 26.7. The van der Waals surface area contributed by atoms with Crippen molar-refractivity contribution in [3.63, 3.8) is 0 Å². The molecule has 82 valence electrons. The van der Waals surface area contributed by atoms with Crippen molar-refractivity contribution in [2.75, 3.05) is 6.54 Å². The van der Waals surface area contributed by atoms with Crippen molar-refractivity contribution in [2.45, 2.75) is 46.6 Å². The van der Waals surface area contributed by atoms with Gasteiger partial charge < -0.3 is 5.32 Å². The molecule has 14 heavy (non-hydrogen) atoms. The third-order valence-electron chi connectivity index (χ3n) is 3.02. The van der Waals surface area contributed by atoms with E-state index in [2.05, 4.69) is 19.2 Å². The highest BCUT2D eigenvalue weighted by atomic mass is 16.1. The Kier molecular flexibility index (Phi) is 4.11. The van der Waals surface area contributed by atoms with Gasteiger partial charge in [0.15, 0.2) is 0 Å². The number of carbonyl (C=O) groups is 1. The van der Waals surface area contributed by atoms with Gasteiger partial charge >= 0.3 is 0 Å². The lowest BCUT2D eigenvalue weighted by molar-refractivity contribution is -0.129. The lowest BCUT2D eigenvalue weighted by atomic mass is 9.70. The Morgan fingerprint density at radius 2 is 1.86 bits per heavy atom. The average molecular weight is 197 g/mol. The first-order valence-corrected chi connectivity index (χ1v) is 5.77. The highest BCUT2D eigenvalue weighted by Gasteiger charge is 2.34. The molecule has 0 radical (unpaired) electrons. The number of hydrogen-bond acceptors (Lipinski definition) is 2. The van der Waals surface area contributed by atoms with E-state index in [1.807, 2.05) is 13.8 Å². The minimum atomic E-state index is 0.221. The molecule has 1 fully saturated rings. The molecule has 1 aliphatic rings. The molecule has 0 aromatic carbocycles. The largest absolute Gasteiger partial charge is 0.314 e. The average Bonchev–Trinajstić information content (AvgIpc) is 2.00. The quantitative estimate of drug-likeness (QED) is 0.732. The van der Waals surface area contributed by atoms with Crippen molar-refractivity contribution in [1.29, 1.82) is 0 Å². The Labute approximate surface area is 87.5 Å². The zero-order valence-corrected chi connectivity index (χ0v) is 9.84. The zero-order chi connectivity index (χ0) is 10.7. The van der Waals surface area contributed by atoms with Crippen LogP contribution in [0.1, 0.15) is 40.5 Å². The highest BCUT2D eigenvalue weighted by Crippen LogP contribution is 2.35. The molecule has 0 aliphatic heterocycles. The van der Waals surface area contributed by atoms with E-state index in [-0.39, 0.29) is 5.92 Å². The van der Waals surface area contributed by atoms with Gasteiger partial charge in [-0.05, 0) is 25.3 Å². The van der Waals surface area contributed by atoms with E-state index < -0.39 is 0 Å². The molecule has 0 unspecified atom stereocenters.